The summed E-state index contributed by atoms with van der Waals surface area (Å²) in [5.41, 5.74) is 0.672. The first-order valence-electron chi connectivity index (χ1n) is 9.46. The van der Waals surface area contributed by atoms with Crippen LogP contribution in [0.15, 0.2) is 52.9 Å². The number of nitrogens with zero attached hydrogens (tertiary/aromatic N) is 2. The Morgan fingerprint density at radius 3 is 2.40 bits per heavy atom. The monoisotopic (exact) mass is 442 g/mol. The minimum atomic E-state index is -0.364. The highest BCUT2D eigenvalue weighted by atomic mass is 35.5. The SMILES string of the molecule is O=C(c1cc2ccccc2o1)N1CCN(C(=O)c2sc3cc(F)ccc3c2Cl)CC1. The predicted octanol–water partition coefficient (Wildman–Crippen LogP) is 5.04. The fourth-order valence-electron chi connectivity index (χ4n) is 3.68. The van der Waals surface area contributed by atoms with Gasteiger partial charge in [0.1, 0.15) is 16.3 Å². The average Bonchev–Trinajstić information content (AvgIpc) is 3.34. The lowest BCUT2D eigenvalue weighted by Crippen LogP contribution is -2.50. The van der Waals surface area contributed by atoms with Crippen LogP contribution in [0, 0.1) is 5.82 Å². The van der Waals surface area contributed by atoms with Gasteiger partial charge in [-0.3, -0.25) is 9.59 Å². The number of fused-ring (bicyclic) bond motifs is 2. The molecule has 0 spiro atoms. The van der Waals surface area contributed by atoms with Gasteiger partial charge in [0.25, 0.3) is 11.8 Å². The number of halogens is 2. The van der Waals surface area contributed by atoms with Gasteiger partial charge in [-0.1, -0.05) is 29.8 Å². The molecular weight excluding hydrogens is 427 g/mol. The highest BCUT2D eigenvalue weighted by Crippen LogP contribution is 2.36. The second kappa shape index (κ2) is 7.41. The van der Waals surface area contributed by atoms with E-state index in [0.717, 1.165) is 5.39 Å². The molecule has 8 heteroatoms. The maximum Gasteiger partial charge on any atom is 0.289 e. The van der Waals surface area contributed by atoms with Crippen molar-refractivity contribution < 1.29 is 18.4 Å². The fraction of sp³-hybridized carbons (Fsp3) is 0.182. The largest absolute Gasteiger partial charge is 0.451 e. The Kier molecular flexibility index (Phi) is 4.72. The van der Waals surface area contributed by atoms with Crippen molar-refractivity contribution in [2.75, 3.05) is 26.2 Å². The van der Waals surface area contributed by atoms with Crippen LogP contribution >= 0.6 is 22.9 Å². The van der Waals surface area contributed by atoms with Crippen molar-refractivity contribution in [1.29, 1.82) is 0 Å². The van der Waals surface area contributed by atoms with Gasteiger partial charge in [0.05, 0.1) is 5.02 Å². The van der Waals surface area contributed by atoms with E-state index in [1.54, 1.807) is 21.9 Å². The molecule has 5 rings (SSSR count). The number of hydrogen-bond donors (Lipinski definition) is 0. The minimum Gasteiger partial charge on any atom is -0.451 e. The second-order valence-electron chi connectivity index (χ2n) is 7.12. The summed E-state index contributed by atoms with van der Waals surface area (Å²) in [4.78, 5) is 29.5. The summed E-state index contributed by atoms with van der Waals surface area (Å²) >= 11 is 7.57. The molecular formula is C22H16ClFN2O3S. The molecule has 2 aromatic carbocycles. The summed E-state index contributed by atoms with van der Waals surface area (Å²) in [7, 11) is 0. The third kappa shape index (κ3) is 3.24. The molecule has 0 unspecified atom stereocenters. The first-order chi connectivity index (χ1) is 14.5. The molecule has 4 aromatic rings. The molecule has 0 N–H and O–H groups in total. The fourth-order valence-corrected chi connectivity index (χ4v) is 5.18. The van der Waals surface area contributed by atoms with E-state index >= 15 is 0 Å². The molecule has 0 radical (unpaired) electrons. The summed E-state index contributed by atoms with van der Waals surface area (Å²) < 4.78 is 19.8. The van der Waals surface area contributed by atoms with Crippen molar-refractivity contribution in [3.63, 3.8) is 0 Å². The van der Waals surface area contributed by atoms with Crippen LogP contribution in [0.3, 0.4) is 0 Å². The van der Waals surface area contributed by atoms with Gasteiger partial charge in [-0.15, -0.1) is 11.3 Å². The molecule has 2 amide bonds. The van der Waals surface area contributed by atoms with Crippen molar-refractivity contribution >= 4 is 55.8 Å². The zero-order valence-electron chi connectivity index (χ0n) is 15.7. The van der Waals surface area contributed by atoms with E-state index in [1.807, 2.05) is 24.3 Å². The highest BCUT2D eigenvalue weighted by Gasteiger charge is 2.29. The Morgan fingerprint density at radius 1 is 0.967 bits per heavy atom. The first-order valence-corrected chi connectivity index (χ1v) is 10.7. The maximum absolute atomic E-state index is 13.5. The number of benzene rings is 2. The molecule has 30 heavy (non-hydrogen) atoms. The highest BCUT2D eigenvalue weighted by molar-refractivity contribution is 7.21. The third-order valence-electron chi connectivity index (χ3n) is 5.28. The van der Waals surface area contributed by atoms with Gasteiger partial charge in [0.15, 0.2) is 5.76 Å². The quantitative estimate of drug-likeness (QED) is 0.437. The first kappa shape index (κ1) is 19.1. The van der Waals surface area contributed by atoms with Crippen molar-refractivity contribution in [3.8, 4) is 0 Å². The Balaban J connectivity index is 1.30. The van der Waals surface area contributed by atoms with Crippen molar-refractivity contribution in [2.45, 2.75) is 0 Å². The molecule has 0 atom stereocenters. The van der Waals surface area contributed by atoms with Gasteiger partial charge in [0.2, 0.25) is 0 Å². The second-order valence-corrected chi connectivity index (χ2v) is 8.55. The maximum atomic E-state index is 13.5. The third-order valence-corrected chi connectivity index (χ3v) is 6.92. The summed E-state index contributed by atoms with van der Waals surface area (Å²) in [5, 5.41) is 1.90. The van der Waals surface area contributed by atoms with Crippen LogP contribution < -0.4 is 0 Å². The predicted molar refractivity (Wildman–Crippen MR) is 115 cm³/mol. The topological polar surface area (TPSA) is 53.8 Å². The lowest BCUT2D eigenvalue weighted by molar-refractivity contribution is 0.0522. The number of carbonyl (C=O) groups excluding carboxylic acids is 2. The van der Waals surface area contributed by atoms with Crippen LogP contribution in [0.2, 0.25) is 5.02 Å². The van der Waals surface area contributed by atoms with E-state index in [4.69, 9.17) is 16.0 Å². The van der Waals surface area contributed by atoms with E-state index in [-0.39, 0.29) is 17.6 Å². The van der Waals surface area contributed by atoms with E-state index in [1.165, 1.54) is 23.5 Å². The number of carbonyl (C=O) groups is 2. The summed E-state index contributed by atoms with van der Waals surface area (Å²) in [6.07, 6.45) is 0. The zero-order valence-corrected chi connectivity index (χ0v) is 17.3. The van der Waals surface area contributed by atoms with Gasteiger partial charge in [-0.25, -0.2) is 4.39 Å². The lowest BCUT2D eigenvalue weighted by atomic mass is 10.2. The molecule has 1 saturated heterocycles. The Hall–Kier alpha value is -2.90. The van der Waals surface area contributed by atoms with E-state index in [9.17, 15) is 14.0 Å². The molecule has 3 heterocycles. The molecule has 1 aliphatic rings. The van der Waals surface area contributed by atoms with Gasteiger partial charge >= 0.3 is 0 Å². The van der Waals surface area contributed by atoms with Crippen molar-refractivity contribution in [2.24, 2.45) is 0 Å². The minimum absolute atomic E-state index is 0.186. The van der Waals surface area contributed by atoms with E-state index in [0.29, 0.717) is 57.5 Å². The number of hydrogen-bond acceptors (Lipinski definition) is 4. The number of para-hydroxylation sites is 1. The molecule has 0 aliphatic carbocycles. The van der Waals surface area contributed by atoms with Gasteiger partial charge in [0, 0.05) is 41.7 Å². The molecule has 0 saturated carbocycles. The Labute approximate surface area is 180 Å². The zero-order chi connectivity index (χ0) is 20.8. The lowest BCUT2D eigenvalue weighted by Gasteiger charge is -2.34. The molecule has 1 aliphatic heterocycles. The molecule has 1 fully saturated rings. The molecule has 0 bridgehead atoms. The van der Waals surface area contributed by atoms with E-state index < -0.39 is 0 Å². The van der Waals surface area contributed by atoms with Crippen molar-refractivity contribution in [1.82, 2.24) is 9.80 Å². The number of thiophene rings is 1. The Bertz CT molecular complexity index is 1260. The molecule has 152 valence electrons. The van der Waals surface area contributed by atoms with E-state index in [2.05, 4.69) is 0 Å². The van der Waals surface area contributed by atoms with Crippen LogP contribution in [0.1, 0.15) is 20.2 Å². The van der Waals surface area contributed by atoms with Crippen LogP contribution in [0.5, 0.6) is 0 Å². The Morgan fingerprint density at radius 2 is 1.67 bits per heavy atom. The van der Waals surface area contributed by atoms with Crippen LogP contribution in [0.4, 0.5) is 4.39 Å². The number of amides is 2. The number of piperazine rings is 1. The summed E-state index contributed by atoms with van der Waals surface area (Å²) in [6.45, 7) is 1.59. The number of furan rings is 1. The molecule has 5 nitrogen and oxygen atoms in total. The van der Waals surface area contributed by atoms with Crippen LogP contribution in [-0.2, 0) is 0 Å². The van der Waals surface area contributed by atoms with Gasteiger partial charge in [-0.05, 0) is 30.3 Å². The van der Waals surface area contributed by atoms with Gasteiger partial charge < -0.3 is 14.2 Å². The number of rotatable bonds is 2. The summed E-state index contributed by atoms with van der Waals surface area (Å²) in [5.74, 6) is -0.450. The van der Waals surface area contributed by atoms with Crippen LogP contribution in [-0.4, -0.2) is 47.8 Å². The summed E-state index contributed by atoms with van der Waals surface area (Å²) in [6, 6.07) is 13.5. The van der Waals surface area contributed by atoms with Gasteiger partial charge in [-0.2, -0.15) is 0 Å². The molecule has 2 aromatic heterocycles. The average molecular weight is 443 g/mol. The van der Waals surface area contributed by atoms with Crippen LogP contribution in [0.25, 0.3) is 21.1 Å². The smallest absolute Gasteiger partial charge is 0.289 e. The standard InChI is InChI=1S/C22H16ClFN2O3S/c23-19-15-6-5-14(24)12-18(15)30-20(19)22(28)26-9-7-25(8-10-26)21(27)17-11-13-3-1-2-4-16(13)29-17/h1-6,11-12H,7-10H2. The van der Waals surface area contributed by atoms with Crippen molar-refractivity contribution in [3.05, 3.63) is 70.0 Å². The normalized spacial score (nSPS) is 14.6.